The maximum Gasteiger partial charge on any atom is 0.261 e. The van der Waals surface area contributed by atoms with Gasteiger partial charge in [-0.15, -0.1) is 11.3 Å². The van der Waals surface area contributed by atoms with E-state index in [1.807, 2.05) is 18.2 Å². The molecule has 0 radical (unpaired) electrons. The highest BCUT2D eigenvalue weighted by Crippen LogP contribution is 2.32. The number of nitrogens with one attached hydrogen (secondary N) is 1. The first-order valence-electron chi connectivity index (χ1n) is 7.23. The van der Waals surface area contributed by atoms with Gasteiger partial charge in [0.1, 0.15) is 4.21 Å². The zero-order chi connectivity index (χ0) is 16.6. The van der Waals surface area contributed by atoms with Crippen molar-refractivity contribution >= 4 is 38.7 Å². The van der Waals surface area contributed by atoms with Crippen molar-refractivity contribution < 1.29 is 13.2 Å². The summed E-state index contributed by atoms with van der Waals surface area (Å²) in [6.07, 6.45) is 3.95. The number of hydrogen-bond donors (Lipinski definition) is 1. The van der Waals surface area contributed by atoms with E-state index in [-0.39, 0.29) is 16.2 Å². The van der Waals surface area contributed by atoms with Crippen LogP contribution in [0.15, 0.2) is 34.5 Å². The van der Waals surface area contributed by atoms with E-state index in [1.54, 1.807) is 6.07 Å². The van der Waals surface area contributed by atoms with Crippen LogP contribution < -0.4 is 5.32 Å². The van der Waals surface area contributed by atoms with E-state index in [2.05, 4.69) is 5.32 Å². The molecular weight excluding hydrogens is 354 g/mol. The predicted octanol–water partition coefficient (Wildman–Crippen LogP) is 3.61. The van der Waals surface area contributed by atoms with Crippen LogP contribution in [0.3, 0.4) is 0 Å². The van der Waals surface area contributed by atoms with Crippen molar-refractivity contribution in [3.63, 3.8) is 0 Å². The van der Waals surface area contributed by atoms with E-state index < -0.39 is 9.84 Å². The van der Waals surface area contributed by atoms with Crippen LogP contribution in [0.1, 0.15) is 39.7 Å². The summed E-state index contributed by atoms with van der Waals surface area (Å²) in [4.78, 5) is 12.8. The lowest BCUT2D eigenvalue weighted by Crippen LogP contribution is -2.30. The van der Waals surface area contributed by atoms with Crippen LogP contribution in [0.25, 0.3) is 0 Å². The topological polar surface area (TPSA) is 63.2 Å². The first-order valence-corrected chi connectivity index (χ1v) is 10.3. The maximum atomic E-state index is 12.4. The third kappa shape index (κ3) is 3.59. The molecular formula is C16H16ClNO3S2. The van der Waals surface area contributed by atoms with Gasteiger partial charge in [-0.3, -0.25) is 4.79 Å². The minimum Gasteiger partial charge on any atom is -0.345 e. The van der Waals surface area contributed by atoms with Crippen molar-refractivity contribution in [2.75, 3.05) is 6.26 Å². The molecule has 1 heterocycles. The van der Waals surface area contributed by atoms with Gasteiger partial charge in [-0.1, -0.05) is 17.7 Å². The van der Waals surface area contributed by atoms with Crippen LogP contribution in [-0.2, 0) is 16.3 Å². The van der Waals surface area contributed by atoms with E-state index >= 15 is 0 Å². The molecule has 1 amide bonds. The minimum absolute atomic E-state index is 0.0627. The highest BCUT2D eigenvalue weighted by molar-refractivity contribution is 7.92. The number of halogens is 1. The number of amides is 1. The van der Waals surface area contributed by atoms with Crippen LogP contribution in [0, 0.1) is 0 Å². The van der Waals surface area contributed by atoms with Gasteiger partial charge < -0.3 is 5.32 Å². The first-order chi connectivity index (χ1) is 10.8. The number of rotatable bonds is 3. The normalized spacial score (nSPS) is 17.6. The molecule has 1 atom stereocenters. The summed E-state index contributed by atoms with van der Waals surface area (Å²) in [6.45, 7) is 0. The van der Waals surface area contributed by atoms with Crippen molar-refractivity contribution in [2.24, 2.45) is 0 Å². The molecule has 122 valence electrons. The Morgan fingerprint density at radius 1 is 1.30 bits per heavy atom. The standard InChI is InChI=1S/C16H16ClNO3S2/c1-23(20,21)15-8-7-14(22-15)16(19)18-13-4-2-3-10-9-11(17)5-6-12(10)13/h5-9,13H,2-4H2,1H3,(H,18,19). The fraction of sp³-hybridized carbons (Fsp3) is 0.312. The summed E-state index contributed by atoms with van der Waals surface area (Å²) in [5, 5.41) is 3.71. The SMILES string of the molecule is CS(=O)(=O)c1ccc(C(=O)NC2CCCc3cc(Cl)ccc32)s1. The van der Waals surface area contributed by atoms with Gasteiger partial charge in [-0.05, 0) is 54.7 Å². The molecule has 1 aromatic heterocycles. The second-order valence-electron chi connectivity index (χ2n) is 5.65. The fourth-order valence-electron chi connectivity index (χ4n) is 2.80. The van der Waals surface area contributed by atoms with Gasteiger partial charge in [-0.2, -0.15) is 0 Å². The third-order valence-corrected chi connectivity index (χ3v) is 7.03. The summed E-state index contributed by atoms with van der Waals surface area (Å²) in [6, 6.07) is 8.70. The molecule has 2 aromatic rings. The van der Waals surface area contributed by atoms with Crippen molar-refractivity contribution in [3.05, 3.63) is 51.4 Å². The molecule has 0 spiro atoms. The van der Waals surface area contributed by atoms with Crippen LogP contribution in [0.2, 0.25) is 5.02 Å². The molecule has 0 saturated heterocycles. The summed E-state index contributed by atoms with van der Waals surface area (Å²) in [5.41, 5.74) is 2.26. The Kier molecular flexibility index (Phi) is 4.49. The van der Waals surface area contributed by atoms with Crippen molar-refractivity contribution in [1.82, 2.24) is 5.32 Å². The van der Waals surface area contributed by atoms with Crippen LogP contribution in [0.4, 0.5) is 0 Å². The Morgan fingerprint density at radius 2 is 2.09 bits per heavy atom. The summed E-state index contributed by atoms with van der Waals surface area (Å²) in [5.74, 6) is -0.238. The van der Waals surface area contributed by atoms with E-state index in [0.717, 1.165) is 48.0 Å². The Labute approximate surface area is 144 Å². The molecule has 1 aliphatic carbocycles. The van der Waals surface area contributed by atoms with Crippen LogP contribution in [-0.4, -0.2) is 20.6 Å². The Hall–Kier alpha value is -1.37. The summed E-state index contributed by atoms with van der Waals surface area (Å²) < 4.78 is 23.2. The molecule has 7 heteroatoms. The minimum atomic E-state index is -3.28. The molecule has 0 aliphatic heterocycles. The molecule has 23 heavy (non-hydrogen) atoms. The number of carbonyl (C=O) groups excluding carboxylic acids is 1. The van der Waals surface area contributed by atoms with Gasteiger partial charge in [0.2, 0.25) is 0 Å². The van der Waals surface area contributed by atoms with Crippen molar-refractivity contribution in [3.8, 4) is 0 Å². The Bertz CT molecular complexity index is 858. The lowest BCUT2D eigenvalue weighted by molar-refractivity contribution is 0.0937. The number of thiophene rings is 1. The van der Waals surface area contributed by atoms with Gasteiger partial charge in [0.15, 0.2) is 9.84 Å². The highest BCUT2D eigenvalue weighted by Gasteiger charge is 2.23. The lowest BCUT2D eigenvalue weighted by atomic mass is 9.87. The van der Waals surface area contributed by atoms with Crippen molar-refractivity contribution in [2.45, 2.75) is 29.5 Å². The summed E-state index contributed by atoms with van der Waals surface area (Å²) in [7, 11) is -3.28. The highest BCUT2D eigenvalue weighted by atomic mass is 35.5. The Balaban J connectivity index is 1.81. The first kappa shape index (κ1) is 16.5. The van der Waals surface area contributed by atoms with E-state index in [9.17, 15) is 13.2 Å². The van der Waals surface area contributed by atoms with Gasteiger partial charge in [0.25, 0.3) is 5.91 Å². The number of hydrogen-bond acceptors (Lipinski definition) is 4. The van der Waals surface area contributed by atoms with E-state index in [4.69, 9.17) is 11.6 Å². The second-order valence-corrected chi connectivity index (χ2v) is 9.42. The average Bonchev–Trinajstić information content (AvgIpc) is 2.97. The third-order valence-electron chi connectivity index (χ3n) is 3.90. The predicted molar refractivity (Wildman–Crippen MR) is 92.0 cm³/mol. The molecule has 0 bridgehead atoms. The average molecular weight is 370 g/mol. The largest absolute Gasteiger partial charge is 0.345 e. The number of carbonyl (C=O) groups is 1. The monoisotopic (exact) mass is 369 g/mol. The molecule has 0 fully saturated rings. The second kappa shape index (κ2) is 6.26. The molecule has 1 aliphatic rings. The van der Waals surface area contributed by atoms with E-state index in [0.29, 0.717) is 9.90 Å². The number of aryl methyl sites for hydroxylation is 1. The molecule has 0 saturated carbocycles. The number of sulfone groups is 1. The molecule has 1 aromatic carbocycles. The quantitative estimate of drug-likeness (QED) is 0.898. The van der Waals surface area contributed by atoms with Crippen molar-refractivity contribution in [1.29, 1.82) is 0 Å². The van der Waals surface area contributed by atoms with E-state index in [1.165, 1.54) is 6.07 Å². The van der Waals surface area contributed by atoms with Crippen LogP contribution >= 0.6 is 22.9 Å². The zero-order valence-electron chi connectivity index (χ0n) is 12.5. The molecule has 3 rings (SSSR count). The van der Waals surface area contributed by atoms with Gasteiger partial charge in [0.05, 0.1) is 10.9 Å². The van der Waals surface area contributed by atoms with Gasteiger partial charge >= 0.3 is 0 Å². The van der Waals surface area contributed by atoms with Gasteiger partial charge in [-0.25, -0.2) is 8.42 Å². The smallest absolute Gasteiger partial charge is 0.261 e. The molecule has 4 nitrogen and oxygen atoms in total. The zero-order valence-corrected chi connectivity index (χ0v) is 14.9. The lowest BCUT2D eigenvalue weighted by Gasteiger charge is -2.26. The maximum absolute atomic E-state index is 12.4. The Morgan fingerprint density at radius 3 is 2.78 bits per heavy atom. The van der Waals surface area contributed by atoms with Gasteiger partial charge in [0, 0.05) is 11.3 Å². The molecule has 1 unspecified atom stereocenters. The number of fused-ring (bicyclic) bond motifs is 1. The number of benzene rings is 1. The summed E-state index contributed by atoms with van der Waals surface area (Å²) >= 11 is 7.03. The fourth-order valence-corrected chi connectivity index (χ4v) is 4.83. The molecule has 1 N–H and O–H groups in total. The van der Waals surface area contributed by atoms with Crippen LogP contribution in [0.5, 0.6) is 0 Å².